The predicted molar refractivity (Wildman–Crippen MR) is 99.1 cm³/mol. The Labute approximate surface area is 130 Å². The van der Waals surface area contributed by atoms with E-state index in [0.717, 1.165) is 24.3 Å². The summed E-state index contributed by atoms with van der Waals surface area (Å²) in [6.07, 6.45) is 1.87. The topological polar surface area (TPSA) is 40.5 Å². The van der Waals surface area contributed by atoms with Crippen molar-refractivity contribution in [3.05, 3.63) is 0 Å². The van der Waals surface area contributed by atoms with Crippen LogP contribution in [-0.4, -0.2) is 50.8 Å². The van der Waals surface area contributed by atoms with Gasteiger partial charge in [0.1, 0.15) is 0 Å². The first-order valence-electron chi connectivity index (χ1n) is 6.39. The standard InChI is InChI=1S/C10H26O2S4Si2/c1-17(2)9(11)5-7-13-15-16-14-8-6-10(12)18(3)4/h9-12,17-18H,5-8H2,1-4H3. The van der Waals surface area contributed by atoms with Crippen LogP contribution in [0, 0.1) is 0 Å². The van der Waals surface area contributed by atoms with Crippen LogP contribution >= 0.6 is 41.2 Å². The van der Waals surface area contributed by atoms with Crippen LogP contribution in [0.2, 0.25) is 26.2 Å². The molecule has 0 aliphatic heterocycles. The van der Waals surface area contributed by atoms with Crippen LogP contribution in [0.3, 0.4) is 0 Å². The van der Waals surface area contributed by atoms with Gasteiger partial charge in [-0.05, 0) is 32.5 Å². The number of rotatable bonds is 11. The SMILES string of the molecule is C[SiH](C)C(O)CCSSSSCCC(O)[SiH](C)C. The highest BCUT2D eigenvalue weighted by Crippen LogP contribution is 2.43. The number of hydrogen-bond acceptors (Lipinski definition) is 6. The zero-order valence-electron chi connectivity index (χ0n) is 11.7. The zero-order chi connectivity index (χ0) is 14.0. The van der Waals surface area contributed by atoms with Crippen molar-refractivity contribution in [3.63, 3.8) is 0 Å². The van der Waals surface area contributed by atoms with Crippen LogP contribution in [0.4, 0.5) is 0 Å². The Morgan fingerprint density at radius 3 is 1.39 bits per heavy atom. The Balaban J connectivity index is 3.22. The highest BCUT2D eigenvalue weighted by Gasteiger charge is 2.11. The Morgan fingerprint density at radius 2 is 1.11 bits per heavy atom. The second-order valence-electron chi connectivity index (χ2n) is 4.98. The molecule has 0 aromatic carbocycles. The third kappa shape index (κ3) is 11.6. The first kappa shape index (κ1) is 19.8. The first-order chi connectivity index (χ1) is 8.45. The van der Waals surface area contributed by atoms with Crippen molar-refractivity contribution < 1.29 is 10.2 Å². The summed E-state index contributed by atoms with van der Waals surface area (Å²) in [5.74, 6) is 2.07. The zero-order valence-corrected chi connectivity index (χ0v) is 17.2. The molecule has 0 aromatic rings. The molecule has 0 aromatic heterocycles. The monoisotopic (exact) mass is 362 g/mol. The molecule has 0 fully saturated rings. The molecule has 110 valence electrons. The van der Waals surface area contributed by atoms with Crippen molar-refractivity contribution in [2.75, 3.05) is 11.5 Å². The lowest BCUT2D eigenvalue weighted by Gasteiger charge is -2.12. The highest BCUT2D eigenvalue weighted by molar-refractivity contribution is 9.26. The molecule has 0 bridgehead atoms. The minimum atomic E-state index is -0.859. The van der Waals surface area contributed by atoms with E-state index in [1.165, 1.54) is 0 Å². The smallest absolute Gasteiger partial charge is 0.0652 e. The van der Waals surface area contributed by atoms with Crippen molar-refractivity contribution in [1.82, 2.24) is 0 Å². The molecule has 0 amide bonds. The normalized spacial score (nSPS) is 15.3. The maximum absolute atomic E-state index is 9.68. The maximum atomic E-state index is 9.68. The van der Waals surface area contributed by atoms with E-state index in [0.29, 0.717) is 0 Å². The van der Waals surface area contributed by atoms with Gasteiger partial charge in [-0.15, -0.1) is 0 Å². The quantitative estimate of drug-likeness (QED) is 0.334. The van der Waals surface area contributed by atoms with Crippen LogP contribution < -0.4 is 0 Å². The first-order valence-corrected chi connectivity index (χ1v) is 17.5. The molecular formula is C10H26O2S4Si2. The molecule has 2 nitrogen and oxygen atoms in total. The van der Waals surface area contributed by atoms with E-state index >= 15 is 0 Å². The van der Waals surface area contributed by atoms with Crippen LogP contribution in [0.15, 0.2) is 0 Å². The molecule has 18 heavy (non-hydrogen) atoms. The molecule has 0 rings (SSSR count). The van der Waals surface area contributed by atoms with Gasteiger partial charge in [-0.25, -0.2) is 0 Å². The largest absolute Gasteiger partial charge is 0.397 e. The van der Waals surface area contributed by atoms with E-state index in [4.69, 9.17) is 0 Å². The second-order valence-corrected chi connectivity index (χ2v) is 17.7. The van der Waals surface area contributed by atoms with E-state index in [1.807, 2.05) is 21.6 Å². The Kier molecular flexibility index (Phi) is 13.7. The van der Waals surface area contributed by atoms with Crippen molar-refractivity contribution in [1.29, 1.82) is 0 Å². The molecule has 0 spiro atoms. The van der Waals surface area contributed by atoms with Crippen molar-refractivity contribution >= 4 is 58.8 Å². The summed E-state index contributed by atoms with van der Waals surface area (Å²) in [4.78, 5) is 0. The van der Waals surface area contributed by atoms with Crippen LogP contribution in [0.5, 0.6) is 0 Å². The number of aliphatic hydroxyl groups is 2. The molecule has 2 atom stereocenters. The molecule has 0 aliphatic carbocycles. The van der Waals surface area contributed by atoms with E-state index in [1.54, 1.807) is 19.7 Å². The predicted octanol–water partition coefficient (Wildman–Crippen LogP) is 3.22. The summed E-state index contributed by atoms with van der Waals surface area (Å²) in [6, 6.07) is 0. The average molecular weight is 363 g/mol. The van der Waals surface area contributed by atoms with Gasteiger partial charge in [-0.2, -0.15) is 0 Å². The third-order valence-electron chi connectivity index (χ3n) is 2.66. The molecule has 0 saturated heterocycles. The molecule has 8 heteroatoms. The summed E-state index contributed by atoms with van der Waals surface area (Å²) in [6.45, 7) is 8.76. The van der Waals surface area contributed by atoms with Gasteiger partial charge in [0, 0.05) is 23.0 Å². The van der Waals surface area contributed by atoms with Crippen molar-refractivity contribution in [3.8, 4) is 0 Å². The Bertz CT molecular complexity index is 179. The summed E-state index contributed by atoms with van der Waals surface area (Å²) >= 11 is 0. The van der Waals surface area contributed by atoms with Gasteiger partial charge in [-0.3, -0.25) is 0 Å². The maximum Gasteiger partial charge on any atom is 0.0652 e. The van der Waals surface area contributed by atoms with Gasteiger partial charge in [-0.1, -0.05) is 47.8 Å². The fourth-order valence-corrected chi connectivity index (χ4v) is 9.43. The van der Waals surface area contributed by atoms with E-state index < -0.39 is 17.6 Å². The Hall–Kier alpha value is 1.75. The minimum absolute atomic E-state index is 0.0260. The second kappa shape index (κ2) is 12.5. The lowest BCUT2D eigenvalue weighted by atomic mass is 10.5. The molecule has 2 unspecified atom stereocenters. The van der Waals surface area contributed by atoms with Gasteiger partial charge in [0.25, 0.3) is 0 Å². The van der Waals surface area contributed by atoms with Gasteiger partial charge < -0.3 is 10.2 Å². The van der Waals surface area contributed by atoms with E-state index in [2.05, 4.69) is 26.2 Å². The van der Waals surface area contributed by atoms with Crippen LogP contribution in [0.25, 0.3) is 0 Å². The van der Waals surface area contributed by atoms with Gasteiger partial charge >= 0.3 is 0 Å². The minimum Gasteiger partial charge on any atom is -0.397 e. The van der Waals surface area contributed by atoms with Gasteiger partial charge in [0.15, 0.2) is 0 Å². The summed E-state index contributed by atoms with van der Waals surface area (Å²) < 4.78 is 0. The molecule has 0 aliphatic rings. The summed E-state index contributed by atoms with van der Waals surface area (Å²) in [5.41, 5.74) is -0.0520. The highest BCUT2D eigenvalue weighted by atomic mass is 33.7. The van der Waals surface area contributed by atoms with E-state index in [-0.39, 0.29) is 11.5 Å². The van der Waals surface area contributed by atoms with Gasteiger partial charge in [0.05, 0.1) is 17.6 Å². The molecule has 0 heterocycles. The lowest BCUT2D eigenvalue weighted by molar-refractivity contribution is 0.245. The fourth-order valence-electron chi connectivity index (χ4n) is 1.11. The average Bonchev–Trinajstić information content (AvgIpc) is 2.31. The molecule has 0 radical (unpaired) electrons. The molecule has 0 saturated carbocycles. The van der Waals surface area contributed by atoms with Gasteiger partial charge in [0.2, 0.25) is 0 Å². The Morgan fingerprint density at radius 1 is 0.778 bits per heavy atom. The molecular weight excluding hydrogens is 337 g/mol. The summed E-state index contributed by atoms with van der Waals surface area (Å²) in [7, 11) is 5.54. The van der Waals surface area contributed by atoms with Crippen molar-refractivity contribution in [2.24, 2.45) is 0 Å². The number of aliphatic hydroxyl groups excluding tert-OH is 2. The van der Waals surface area contributed by atoms with Crippen LogP contribution in [0.1, 0.15) is 12.8 Å². The van der Waals surface area contributed by atoms with Crippen LogP contribution in [-0.2, 0) is 0 Å². The number of hydrogen-bond donors (Lipinski definition) is 2. The van der Waals surface area contributed by atoms with E-state index in [9.17, 15) is 10.2 Å². The fraction of sp³-hybridized carbons (Fsp3) is 1.00. The molecule has 2 N–H and O–H groups in total. The summed E-state index contributed by atoms with van der Waals surface area (Å²) in [5, 5.41) is 19.4. The van der Waals surface area contributed by atoms with Crippen molar-refractivity contribution in [2.45, 2.75) is 50.5 Å². The lowest BCUT2D eigenvalue weighted by Crippen LogP contribution is -2.24. The third-order valence-corrected chi connectivity index (χ3v) is 12.9.